The van der Waals surface area contributed by atoms with Crippen molar-refractivity contribution in [2.24, 2.45) is 5.73 Å². The molecular formula is C11H8N2O2. The lowest BCUT2D eigenvalue weighted by Gasteiger charge is -1.94. The van der Waals surface area contributed by atoms with Crippen molar-refractivity contribution < 1.29 is 9.59 Å². The fraction of sp³-hybridized carbons (Fsp3) is 0.0909. The standard InChI is InChI=1S/C11H8N2O2/c12-5-1-2-7-3-4-8-9(6-7)11(15)13-10(8)14/h3-4,6H,5,12H2,(H,13,14,15). The average Bonchev–Trinajstić information content (AvgIpc) is 2.52. The Balaban J connectivity index is 2.47. The van der Waals surface area contributed by atoms with Crippen molar-refractivity contribution in [2.45, 2.75) is 0 Å². The molecule has 0 bridgehead atoms. The van der Waals surface area contributed by atoms with Gasteiger partial charge in [-0.05, 0) is 18.2 Å². The van der Waals surface area contributed by atoms with E-state index in [0.717, 1.165) is 0 Å². The lowest BCUT2D eigenvalue weighted by atomic mass is 10.1. The predicted octanol–water partition coefficient (Wildman–Crippen LogP) is -0.120. The first-order valence-corrected chi connectivity index (χ1v) is 4.41. The maximum absolute atomic E-state index is 11.3. The highest BCUT2D eigenvalue weighted by Crippen LogP contribution is 2.16. The average molecular weight is 200 g/mol. The Morgan fingerprint density at radius 1 is 1.20 bits per heavy atom. The number of carbonyl (C=O) groups is 2. The van der Waals surface area contributed by atoms with Gasteiger partial charge in [-0.2, -0.15) is 0 Å². The maximum Gasteiger partial charge on any atom is 0.258 e. The molecule has 1 aliphatic heterocycles. The van der Waals surface area contributed by atoms with Gasteiger partial charge in [-0.25, -0.2) is 0 Å². The quantitative estimate of drug-likeness (QED) is 0.453. The fourth-order valence-corrected chi connectivity index (χ4v) is 1.40. The van der Waals surface area contributed by atoms with Crippen LogP contribution in [0.5, 0.6) is 0 Å². The van der Waals surface area contributed by atoms with Crippen LogP contribution in [0.3, 0.4) is 0 Å². The molecule has 4 nitrogen and oxygen atoms in total. The zero-order valence-corrected chi connectivity index (χ0v) is 7.83. The van der Waals surface area contributed by atoms with Gasteiger partial charge >= 0.3 is 0 Å². The summed E-state index contributed by atoms with van der Waals surface area (Å²) in [6.45, 7) is 0.266. The minimum absolute atomic E-state index is 0.266. The molecule has 0 saturated heterocycles. The maximum atomic E-state index is 11.3. The highest BCUT2D eigenvalue weighted by atomic mass is 16.2. The molecule has 2 amide bonds. The SMILES string of the molecule is NCC#Cc1ccc2c(c1)C(=O)NC2=O. The summed E-state index contributed by atoms with van der Waals surface area (Å²) in [7, 11) is 0. The van der Waals surface area contributed by atoms with Crippen molar-refractivity contribution in [3.63, 3.8) is 0 Å². The molecule has 15 heavy (non-hydrogen) atoms. The first kappa shape index (κ1) is 9.44. The Morgan fingerprint density at radius 3 is 2.67 bits per heavy atom. The minimum atomic E-state index is -0.369. The van der Waals surface area contributed by atoms with E-state index in [0.29, 0.717) is 16.7 Å². The van der Waals surface area contributed by atoms with Crippen LogP contribution in [0.1, 0.15) is 26.3 Å². The Kier molecular flexibility index (Phi) is 2.24. The van der Waals surface area contributed by atoms with Crippen LogP contribution in [0.15, 0.2) is 18.2 Å². The summed E-state index contributed by atoms with van der Waals surface area (Å²) >= 11 is 0. The lowest BCUT2D eigenvalue weighted by Crippen LogP contribution is -2.19. The van der Waals surface area contributed by atoms with Crippen LogP contribution in [-0.4, -0.2) is 18.4 Å². The zero-order valence-electron chi connectivity index (χ0n) is 7.83. The molecule has 1 aromatic carbocycles. The van der Waals surface area contributed by atoms with Gasteiger partial charge in [0.25, 0.3) is 11.8 Å². The molecule has 1 heterocycles. The monoisotopic (exact) mass is 200 g/mol. The van der Waals surface area contributed by atoms with Gasteiger partial charge in [-0.3, -0.25) is 14.9 Å². The summed E-state index contributed by atoms with van der Waals surface area (Å²) in [5.41, 5.74) is 6.70. The highest BCUT2D eigenvalue weighted by Gasteiger charge is 2.26. The third kappa shape index (κ3) is 1.60. The molecule has 4 heteroatoms. The number of carbonyl (C=O) groups excluding carboxylic acids is 2. The molecule has 0 saturated carbocycles. The number of benzene rings is 1. The van der Waals surface area contributed by atoms with Crippen LogP contribution in [0.2, 0.25) is 0 Å². The van der Waals surface area contributed by atoms with E-state index in [-0.39, 0.29) is 18.4 Å². The van der Waals surface area contributed by atoms with E-state index in [1.54, 1.807) is 18.2 Å². The van der Waals surface area contributed by atoms with E-state index in [1.165, 1.54) is 0 Å². The van der Waals surface area contributed by atoms with E-state index in [2.05, 4.69) is 17.2 Å². The lowest BCUT2D eigenvalue weighted by molar-refractivity contribution is 0.0879. The van der Waals surface area contributed by atoms with E-state index in [4.69, 9.17) is 5.73 Å². The number of hydrogen-bond donors (Lipinski definition) is 2. The van der Waals surface area contributed by atoms with Crippen LogP contribution < -0.4 is 11.1 Å². The predicted molar refractivity (Wildman–Crippen MR) is 54.2 cm³/mol. The molecule has 3 N–H and O–H groups in total. The van der Waals surface area contributed by atoms with Gasteiger partial charge in [0.2, 0.25) is 0 Å². The Hall–Kier alpha value is -2.12. The minimum Gasteiger partial charge on any atom is -0.320 e. The van der Waals surface area contributed by atoms with Gasteiger partial charge < -0.3 is 5.73 Å². The highest BCUT2D eigenvalue weighted by molar-refractivity contribution is 6.21. The molecule has 0 radical (unpaired) electrons. The van der Waals surface area contributed by atoms with Gasteiger partial charge in [0.15, 0.2) is 0 Å². The number of nitrogens with one attached hydrogen (secondary N) is 1. The van der Waals surface area contributed by atoms with Crippen LogP contribution in [0, 0.1) is 11.8 Å². The van der Waals surface area contributed by atoms with Crippen molar-refractivity contribution >= 4 is 11.8 Å². The molecule has 0 fully saturated rings. The second-order valence-corrected chi connectivity index (χ2v) is 3.05. The third-order valence-corrected chi connectivity index (χ3v) is 2.07. The van der Waals surface area contributed by atoms with Crippen molar-refractivity contribution in [1.29, 1.82) is 0 Å². The van der Waals surface area contributed by atoms with E-state index < -0.39 is 0 Å². The van der Waals surface area contributed by atoms with Crippen molar-refractivity contribution in [2.75, 3.05) is 6.54 Å². The zero-order chi connectivity index (χ0) is 10.8. The molecule has 1 aliphatic rings. The van der Waals surface area contributed by atoms with Gasteiger partial charge in [0.05, 0.1) is 17.7 Å². The fourth-order valence-electron chi connectivity index (χ4n) is 1.40. The summed E-state index contributed by atoms with van der Waals surface area (Å²) in [6.07, 6.45) is 0. The summed E-state index contributed by atoms with van der Waals surface area (Å²) in [4.78, 5) is 22.5. The van der Waals surface area contributed by atoms with E-state index in [1.807, 2.05) is 0 Å². The number of fused-ring (bicyclic) bond motifs is 1. The van der Waals surface area contributed by atoms with Crippen LogP contribution >= 0.6 is 0 Å². The molecule has 74 valence electrons. The summed E-state index contributed by atoms with van der Waals surface area (Å²) in [6, 6.07) is 4.88. The molecular weight excluding hydrogens is 192 g/mol. The van der Waals surface area contributed by atoms with E-state index in [9.17, 15) is 9.59 Å². The second-order valence-electron chi connectivity index (χ2n) is 3.05. The number of hydrogen-bond acceptors (Lipinski definition) is 3. The van der Waals surface area contributed by atoms with Gasteiger partial charge in [-0.1, -0.05) is 11.8 Å². The first-order chi connectivity index (χ1) is 7.22. The van der Waals surface area contributed by atoms with Crippen molar-refractivity contribution in [1.82, 2.24) is 5.32 Å². The second kappa shape index (κ2) is 3.56. The smallest absolute Gasteiger partial charge is 0.258 e. The van der Waals surface area contributed by atoms with Crippen LogP contribution in [0.25, 0.3) is 0 Å². The number of amides is 2. The normalized spacial score (nSPS) is 12.9. The summed E-state index contributed by atoms with van der Waals surface area (Å²) in [5, 5.41) is 2.21. The molecule has 0 unspecified atom stereocenters. The number of rotatable bonds is 0. The van der Waals surface area contributed by atoms with E-state index >= 15 is 0 Å². The Labute approximate surface area is 86.5 Å². The number of imide groups is 1. The summed E-state index contributed by atoms with van der Waals surface area (Å²) in [5.74, 6) is 4.76. The van der Waals surface area contributed by atoms with Crippen LogP contribution in [-0.2, 0) is 0 Å². The largest absolute Gasteiger partial charge is 0.320 e. The van der Waals surface area contributed by atoms with Crippen molar-refractivity contribution in [3.05, 3.63) is 34.9 Å². The van der Waals surface area contributed by atoms with Gasteiger partial charge in [-0.15, -0.1) is 0 Å². The first-order valence-electron chi connectivity index (χ1n) is 4.41. The Morgan fingerprint density at radius 2 is 1.93 bits per heavy atom. The molecule has 1 aromatic rings. The molecule has 2 rings (SSSR count). The molecule has 0 aromatic heterocycles. The van der Waals surface area contributed by atoms with Gasteiger partial charge in [0.1, 0.15) is 0 Å². The third-order valence-electron chi connectivity index (χ3n) is 2.07. The summed E-state index contributed by atoms with van der Waals surface area (Å²) < 4.78 is 0. The molecule has 0 atom stereocenters. The van der Waals surface area contributed by atoms with Gasteiger partial charge in [0, 0.05) is 5.56 Å². The van der Waals surface area contributed by atoms with Crippen LogP contribution in [0.4, 0.5) is 0 Å². The Bertz CT molecular complexity index is 509. The van der Waals surface area contributed by atoms with Crippen molar-refractivity contribution in [3.8, 4) is 11.8 Å². The topological polar surface area (TPSA) is 72.2 Å². The number of nitrogens with two attached hydrogens (primary N) is 1. The molecule has 0 aliphatic carbocycles. The molecule has 0 spiro atoms.